The number of aromatic nitrogens is 5. The van der Waals surface area contributed by atoms with Gasteiger partial charge in [-0.25, -0.2) is 9.37 Å². The van der Waals surface area contributed by atoms with Crippen molar-refractivity contribution >= 4 is 16.7 Å². The van der Waals surface area contributed by atoms with Gasteiger partial charge in [-0.3, -0.25) is 4.79 Å². The van der Waals surface area contributed by atoms with Gasteiger partial charge in [0.15, 0.2) is 5.82 Å². The molecule has 1 aromatic carbocycles. The van der Waals surface area contributed by atoms with Crippen molar-refractivity contribution in [2.45, 2.75) is 44.6 Å². The molecule has 6 nitrogen and oxygen atoms in total. The van der Waals surface area contributed by atoms with Crippen molar-refractivity contribution in [2.75, 3.05) is 0 Å². The molecule has 0 spiro atoms. The third-order valence-corrected chi connectivity index (χ3v) is 5.54. The van der Waals surface area contributed by atoms with E-state index >= 15 is 0 Å². The summed E-state index contributed by atoms with van der Waals surface area (Å²) < 4.78 is 16.7. The number of fused-ring (bicyclic) bond motifs is 3. The van der Waals surface area contributed by atoms with Crippen molar-refractivity contribution in [3.63, 3.8) is 0 Å². The van der Waals surface area contributed by atoms with Gasteiger partial charge >= 0.3 is 0 Å². The van der Waals surface area contributed by atoms with E-state index in [1.54, 1.807) is 33.6 Å². The molecule has 4 aromatic rings. The summed E-state index contributed by atoms with van der Waals surface area (Å²) in [6.45, 7) is 0.301. The lowest BCUT2D eigenvalue weighted by atomic mass is 9.89. The highest BCUT2D eigenvalue weighted by molar-refractivity contribution is 5.78. The minimum Gasteiger partial charge on any atom is -0.310 e. The van der Waals surface area contributed by atoms with Gasteiger partial charge in [0.1, 0.15) is 5.82 Å². The van der Waals surface area contributed by atoms with Crippen LogP contribution in [0.5, 0.6) is 0 Å². The van der Waals surface area contributed by atoms with Crippen LogP contribution >= 0.6 is 0 Å². The first-order valence-corrected chi connectivity index (χ1v) is 9.68. The summed E-state index contributed by atoms with van der Waals surface area (Å²) in [6, 6.07) is 8.12. The molecule has 3 aromatic heterocycles. The zero-order valence-electron chi connectivity index (χ0n) is 15.4. The summed E-state index contributed by atoms with van der Waals surface area (Å²) in [5, 5.41) is 5.15. The molecule has 0 aliphatic heterocycles. The molecule has 1 saturated carbocycles. The molecule has 3 heterocycles. The van der Waals surface area contributed by atoms with Gasteiger partial charge < -0.3 is 4.57 Å². The summed E-state index contributed by atoms with van der Waals surface area (Å²) in [5.41, 5.74) is 1.25. The maximum Gasteiger partial charge on any atom is 0.261 e. The Hall–Kier alpha value is -3.09. The first-order valence-electron chi connectivity index (χ1n) is 9.68. The highest BCUT2D eigenvalue weighted by Crippen LogP contribution is 2.31. The van der Waals surface area contributed by atoms with Crippen molar-refractivity contribution in [1.82, 2.24) is 24.1 Å². The second-order valence-electron chi connectivity index (χ2n) is 7.45. The molecule has 5 rings (SSSR count). The number of hydrogen-bond acceptors (Lipinski definition) is 4. The van der Waals surface area contributed by atoms with Crippen LogP contribution < -0.4 is 5.56 Å². The van der Waals surface area contributed by atoms with E-state index in [1.807, 2.05) is 6.07 Å². The van der Waals surface area contributed by atoms with Gasteiger partial charge in [-0.15, -0.1) is 5.10 Å². The zero-order chi connectivity index (χ0) is 19.1. The standard InChI is InChI=1S/C21H20FN5O/c22-16-8-4-5-14(11-16)13-26-10-9-18-17(20(26)28)12-23-21-24-19(25-27(18)21)15-6-2-1-3-7-15/h4-5,8-12,15H,1-3,6-7,13H2. The van der Waals surface area contributed by atoms with E-state index in [0.29, 0.717) is 29.1 Å². The van der Waals surface area contributed by atoms with Gasteiger partial charge in [-0.05, 0) is 36.6 Å². The van der Waals surface area contributed by atoms with E-state index in [9.17, 15) is 9.18 Å². The normalized spacial score (nSPS) is 15.5. The third-order valence-electron chi connectivity index (χ3n) is 5.54. The molecule has 0 amide bonds. The summed E-state index contributed by atoms with van der Waals surface area (Å²) in [4.78, 5) is 21.9. The number of rotatable bonds is 3. The molecular formula is C21H20FN5O. The van der Waals surface area contributed by atoms with Crippen LogP contribution in [0.25, 0.3) is 16.7 Å². The van der Waals surface area contributed by atoms with Gasteiger partial charge in [0.2, 0.25) is 0 Å². The minimum atomic E-state index is -0.312. The van der Waals surface area contributed by atoms with Crippen LogP contribution in [0.15, 0.2) is 47.5 Å². The molecule has 0 saturated heterocycles. The molecular weight excluding hydrogens is 357 g/mol. The molecule has 0 atom stereocenters. The molecule has 0 N–H and O–H groups in total. The van der Waals surface area contributed by atoms with Crippen molar-refractivity contribution in [3.05, 3.63) is 70.3 Å². The number of halogens is 1. The average molecular weight is 377 g/mol. The predicted molar refractivity (Wildman–Crippen MR) is 104 cm³/mol. The molecule has 7 heteroatoms. The quantitative estimate of drug-likeness (QED) is 0.546. The zero-order valence-corrected chi connectivity index (χ0v) is 15.4. The van der Waals surface area contributed by atoms with Crippen LogP contribution in [0.3, 0.4) is 0 Å². The van der Waals surface area contributed by atoms with Crippen LogP contribution in [0, 0.1) is 5.82 Å². The third kappa shape index (κ3) is 2.96. The number of hydrogen-bond donors (Lipinski definition) is 0. The Balaban J connectivity index is 1.57. The monoisotopic (exact) mass is 377 g/mol. The second kappa shape index (κ2) is 6.82. The van der Waals surface area contributed by atoms with Crippen LogP contribution in [-0.4, -0.2) is 24.1 Å². The van der Waals surface area contributed by atoms with E-state index in [4.69, 9.17) is 0 Å². The van der Waals surface area contributed by atoms with Crippen molar-refractivity contribution in [3.8, 4) is 0 Å². The van der Waals surface area contributed by atoms with Gasteiger partial charge in [0, 0.05) is 18.3 Å². The molecule has 1 aliphatic rings. The number of benzene rings is 1. The Morgan fingerprint density at radius 2 is 2.00 bits per heavy atom. The lowest BCUT2D eigenvalue weighted by Gasteiger charge is -2.17. The highest BCUT2D eigenvalue weighted by atomic mass is 19.1. The fourth-order valence-corrected chi connectivity index (χ4v) is 4.07. The Kier molecular flexibility index (Phi) is 4.15. The smallest absolute Gasteiger partial charge is 0.261 e. The molecule has 1 aliphatic carbocycles. The molecule has 0 unspecified atom stereocenters. The fourth-order valence-electron chi connectivity index (χ4n) is 4.07. The van der Waals surface area contributed by atoms with Gasteiger partial charge in [-0.2, -0.15) is 9.50 Å². The molecule has 0 bridgehead atoms. The van der Waals surface area contributed by atoms with Crippen molar-refractivity contribution in [1.29, 1.82) is 0 Å². The van der Waals surface area contributed by atoms with Crippen LogP contribution in [0.1, 0.15) is 49.4 Å². The Labute approximate surface area is 160 Å². The van der Waals surface area contributed by atoms with Crippen molar-refractivity contribution in [2.24, 2.45) is 0 Å². The maximum atomic E-state index is 13.4. The Morgan fingerprint density at radius 1 is 1.14 bits per heavy atom. The predicted octanol–water partition coefficient (Wildman–Crippen LogP) is 3.67. The summed E-state index contributed by atoms with van der Waals surface area (Å²) >= 11 is 0. The SMILES string of the molecule is O=c1c2cnc3nc(C4CCCCC4)nn3c2ccn1Cc1cccc(F)c1. The van der Waals surface area contributed by atoms with Crippen LogP contribution in [0.2, 0.25) is 0 Å². The Morgan fingerprint density at radius 3 is 2.82 bits per heavy atom. The summed E-state index contributed by atoms with van der Waals surface area (Å²) in [6.07, 6.45) is 9.18. The van der Waals surface area contributed by atoms with E-state index < -0.39 is 0 Å². The summed E-state index contributed by atoms with van der Waals surface area (Å²) in [5.74, 6) is 1.41. The molecule has 142 valence electrons. The van der Waals surface area contributed by atoms with E-state index in [-0.39, 0.29) is 11.4 Å². The van der Waals surface area contributed by atoms with Gasteiger partial charge in [0.25, 0.3) is 11.3 Å². The van der Waals surface area contributed by atoms with E-state index in [2.05, 4.69) is 15.1 Å². The first kappa shape index (κ1) is 17.0. The highest BCUT2D eigenvalue weighted by Gasteiger charge is 2.21. The molecule has 0 radical (unpaired) electrons. The molecule has 28 heavy (non-hydrogen) atoms. The van der Waals surface area contributed by atoms with E-state index in [0.717, 1.165) is 24.2 Å². The van der Waals surface area contributed by atoms with Crippen LogP contribution in [-0.2, 0) is 6.54 Å². The number of nitrogens with zero attached hydrogens (tertiary/aromatic N) is 5. The lowest BCUT2D eigenvalue weighted by Crippen LogP contribution is -2.21. The van der Waals surface area contributed by atoms with Gasteiger partial charge in [0.05, 0.1) is 17.4 Å². The van der Waals surface area contributed by atoms with Gasteiger partial charge in [-0.1, -0.05) is 31.4 Å². The fraction of sp³-hybridized carbons (Fsp3) is 0.333. The average Bonchev–Trinajstić information content (AvgIpc) is 3.15. The lowest BCUT2D eigenvalue weighted by molar-refractivity contribution is 0.429. The molecule has 1 fully saturated rings. The summed E-state index contributed by atoms with van der Waals surface area (Å²) in [7, 11) is 0. The van der Waals surface area contributed by atoms with E-state index in [1.165, 1.54) is 31.4 Å². The largest absolute Gasteiger partial charge is 0.310 e. The number of pyridine rings is 1. The maximum absolute atomic E-state index is 13.4. The Bertz CT molecular complexity index is 1220. The topological polar surface area (TPSA) is 65.1 Å². The first-order chi connectivity index (χ1) is 13.7. The second-order valence-corrected chi connectivity index (χ2v) is 7.45. The van der Waals surface area contributed by atoms with Crippen LogP contribution in [0.4, 0.5) is 4.39 Å². The van der Waals surface area contributed by atoms with Crippen molar-refractivity contribution < 1.29 is 4.39 Å². The minimum absolute atomic E-state index is 0.175.